The van der Waals surface area contributed by atoms with Gasteiger partial charge in [-0.1, -0.05) is 12.1 Å². The fraction of sp³-hybridized carbons (Fsp3) is 0.118. The summed E-state index contributed by atoms with van der Waals surface area (Å²) < 4.78 is 55.7. The Morgan fingerprint density at radius 3 is 2.48 bits per heavy atom. The van der Waals surface area contributed by atoms with E-state index >= 15 is 0 Å². The van der Waals surface area contributed by atoms with E-state index in [1.165, 1.54) is 36.8 Å². The maximum Gasteiger partial charge on any atom is 0.461 e. The zero-order valence-electron chi connectivity index (χ0n) is 13.5. The van der Waals surface area contributed by atoms with Gasteiger partial charge in [0, 0.05) is 29.5 Å². The molecule has 0 aliphatic carbocycles. The highest BCUT2D eigenvalue weighted by Crippen LogP contribution is 2.34. The summed E-state index contributed by atoms with van der Waals surface area (Å²) in [6.45, 7) is 0. The van der Waals surface area contributed by atoms with Crippen molar-refractivity contribution in [1.82, 2.24) is 9.97 Å². The molecular weight excluding hydrogens is 368 g/mol. The van der Waals surface area contributed by atoms with E-state index in [0.29, 0.717) is 27.1 Å². The van der Waals surface area contributed by atoms with E-state index in [0.717, 1.165) is 12.1 Å². The van der Waals surface area contributed by atoms with Gasteiger partial charge < -0.3 is 15.7 Å². The van der Waals surface area contributed by atoms with Crippen molar-refractivity contribution in [2.24, 2.45) is 0 Å². The third-order valence-corrected chi connectivity index (χ3v) is 3.54. The van der Waals surface area contributed by atoms with Crippen LogP contribution in [0, 0.1) is 5.21 Å². The molecule has 6 nitrogen and oxygen atoms in total. The van der Waals surface area contributed by atoms with E-state index in [-0.39, 0.29) is 5.95 Å². The molecule has 3 rings (SSSR count). The van der Waals surface area contributed by atoms with Crippen molar-refractivity contribution < 1.29 is 27.0 Å². The van der Waals surface area contributed by atoms with Crippen molar-refractivity contribution in [2.75, 3.05) is 5.73 Å². The summed E-state index contributed by atoms with van der Waals surface area (Å²) in [6.07, 6.45) is -4.74. The molecule has 0 bridgehead atoms. The molecular formula is C17H12F4N4O2. The number of pyridine rings is 1. The van der Waals surface area contributed by atoms with Crippen molar-refractivity contribution in [1.29, 1.82) is 0 Å². The van der Waals surface area contributed by atoms with Crippen LogP contribution in [0.5, 0.6) is 5.75 Å². The maximum absolute atomic E-state index is 13.2. The molecule has 0 saturated heterocycles. The molecule has 2 heterocycles. The highest BCUT2D eigenvalue weighted by atomic mass is 19.3. The van der Waals surface area contributed by atoms with Crippen molar-refractivity contribution >= 4 is 5.95 Å². The van der Waals surface area contributed by atoms with Gasteiger partial charge in [0.05, 0.1) is 5.69 Å². The lowest BCUT2D eigenvalue weighted by atomic mass is 10.0. The Balaban J connectivity index is 2.04. The zero-order valence-corrected chi connectivity index (χ0v) is 13.5. The summed E-state index contributed by atoms with van der Waals surface area (Å²) in [5.74, 6) is -0.490. The fourth-order valence-corrected chi connectivity index (χ4v) is 2.33. The number of nitrogens with zero attached hydrogens (tertiary/aromatic N) is 3. The van der Waals surface area contributed by atoms with Crippen LogP contribution in [0.2, 0.25) is 0 Å². The summed E-state index contributed by atoms with van der Waals surface area (Å²) in [6, 6.07) is 8.17. The largest absolute Gasteiger partial charge is 0.619 e. The van der Waals surface area contributed by atoms with Gasteiger partial charge in [-0.2, -0.15) is 22.3 Å². The summed E-state index contributed by atoms with van der Waals surface area (Å²) in [5, 5.41) is 11.2. The lowest BCUT2D eigenvalue weighted by Gasteiger charge is -2.17. The summed E-state index contributed by atoms with van der Waals surface area (Å²) >= 11 is 0. The Morgan fingerprint density at radius 2 is 1.81 bits per heavy atom. The lowest BCUT2D eigenvalue weighted by molar-refractivity contribution is -0.605. The van der Waals surface area contributed by atoms with Crippen molar-refractivity contribution in [3.8, 4) is 28.1 Å². The first-order valence-corrected chi connectivity index (χ1v) is 7.53. The number of halogens is 4. The number of benzene rings is 1. The number of aromatic nitrogens is 3. The number of alkyl halides is 4. The summed E-state index contributed by atoms with van der Waals surface area (Å²) in [4.78, 5) is 8.01. The molecule has 10 heteroatoms. The van der Waals surface area contributed by atoms with Crippen LogP contribution in [-0.4, -0.2) is 22.5 Å². The quantitative estimate of drug-likeness (QED) is 0.417. The van der Waals surface area contributed by atoms with Gasteiger partial charge in [0.15, 0.2) is 12.4 Å². The lowest BCUT2D eigenvalue weighted by Crippen LogP contribution is -2.33. The van der Waals surface area contributed by atoms with E-state index in [1.54, 1.807) is 6.07 Å². The predicted molar refractivity (Wildman–Crippen MR) is 87.9 cm³/mol. The highest BCUT2D eigenvalue weighted by Gasteiger charge is 2.44. The summed E-state index contributed by atoms with van der Waals surface area (Å²) in [7, 11) is 0. The van der Waals surface area contributed by atoms with Gasteiger partial charge in [-0.25, -0.2) is 9.97 Å². The van der Waals surface area contributed by atoms with Crippen LogP contribution in [0.4, 0.5) is 23.5 Å². The zero-order chi connectivity index (χ0) is 19.6. The van der Waals surface area contributed by atoms with Gasteiger partial charge >= 0.3 is 12.5 Å². The first kappa shape index (κ1) is 18.4. The molecule has 0 aliphatic heterocycles. The number of nitrogens with two attached hydrogens (primary N) is 1. The molecule has 27 heavy (non-hydrogen) atoms. The minimum atomic E-state index is -4.62. The first-order valence-electron chi connectivity index (χ1n) is 7.53. The van der Waals surface area contributed by atoms with Crippen molar-refractivity contribution in [2.45, 2.75) is 12.5 Å². The number of hydrogen-bond acceptors (Lipinski definition) is 5. The van der Waals surface area contributed by atoms with E-state index in [9.17, 15) is 22.8 Å². The van der Waals surface area contributed by atoms with Crippen LogP contribution in [0.25, 0.3) is 22.4 Å². The minimum absolute atomic E-state index is 0.0377. The van der Waals surface area contributed by atoms with E-state index in [2.05, 4.69) is 14.7 Å². The third-order valence-electron chi connectivity index (χ3n) is 3.54. The molecule has 0 aliphatic rings. The number of nitrogen functional groups attached to an aromatic ring is 1. The first-order chi connectivity index (χ1) is 12.8. The second-order valence-electron chi connectivity index (χ2n) is 5.43. The van der Waals surface area contributed by atoms with Crippen LogP contribution in [0.3, 0.4) is 0 Å². The van der Waals surface area contributed by atoms with Gasteiger partial charge in [0.1, 0.15) is 5.75 Å². The second kappa shape index (κ2) is 7.06. The molecule has 0 spiro atoms. The molecule has 0 fully saturated rings. The number of hydrogen-bond donors (Lipinski definition) is 1. The Morgan fingerprint density at radius 1 is 1.11 bits per heavy atom. The number of rotatable bonds is 5. The van der Waals surface area contributed by atoms with Crippen LogP contribution in [0.15, 0.2) is 55.0 Å². The highest BCUT2D eigenvalue weighted by molar-refractivity contribution is 5.81. The fourth-order valence-electron chi connectivity index (χ4n) is 2.33. The summed E-state index contributed by atoms with van der Waals surface area (Å²) in [5.41, 5.74) is 7.21. The molecule has 140 valence electrons. The van der Waals surface area contributed by atoms with Crippen LogP contribution in [0.1, 0.15) is 0 Å². The van der Waals surface area contributed by atoms with E-state index in [4.69, 9.17) is 5.73 Å². The smallest absolute Gasteiger partial charge is 0.461 e. The number of anilines is 1. The molecule has 0 atom stereocenters. The average molecular weight is 380 g/mol. The van der Waals surface area contributed by atoms with Gasteiger partial charge in [0.25, 0.3) is 0 Å². The van der Waals surface area contributed by atoms with Gasteiger partial charge in [-0.3, -0.25) is 0 Å². The molecule has 0 amide bonds. The SMILES string of the molecule is Nc1ncc(-c2cccc(OC(F)(F)C(F)F)c2)c(-c2cc[n+]([O-])cc2)n1. The molecule has 0 radical (unpaired) electrons. The standard InChI is InChI=1S/C17H12F4N4O2/c18-15(19)17(20,21)27-12-3-1-2-11(8-12)13-9-23-16(22)24-14(13)10-4-6-25(26)7-5-10/h1-9,15H,(H2,22,23,24). The van der Waals surface area contributed by atoms with E-state index < -0.39 is 18.3 Å². The molecule has 2 N–H and O–H groups in total. The monoisotopic (exact) mass is 380 g/mol. The molecule has 1 aromatic carbocycles. The van der Waals surface area contributed by atoms with Crippen LogP contribution in [-0.2, 0) is 0 Å². The average Bonchev–Trinajstić information content (AvgIpc) is 2.62. The minimum Gasteiger partial charge on any atom is -0.619 e. The Kier molecular flexibility index (Phi) is 4.80. The Hall–Kier alpha value is -3.43. The third kappa shape index (κ3) is 4.05. The van der Waals surface area contributed by atoms with Crippen molar-refractivity contribution in [3.63, 3.8) is 0 Å². The van der Waals surface area contributed by atoms with Gasteiger partial charge in [-0.15, -0.1) is 0 Å². The van der Waals surface area contributed by atoms with Crippen LogP contribution >= 0.6 is 0 Å². The Labute approximate surface area is 150 Å². The normalized spacial score (nSPS) is 11.6. The van der Waals surface area contributed by atoms with Gasteiger partial charge in [0.2, 0.25) is 5.95 Å². The van der Waals surface area contributed by atoms with Crippen molar-refractivity contribution in [3.05, 3.63) is 60.2 Å². The Bertz CT molecular complexity index is 952. The topological polar surface area (TPSA) is 88.0 Å². The molecule has 3 aromatic rings. The van der Waals surface area contributed by atoms with Gasteiger partial charge in [-0.05, 0) is 17.7 Å². The molecule has 2 aromatic heterocycles. The second-order valence-corrected chi connectivity index (χ2v) is 5.43. The van der Waals surface area contributed by atoms with E-state index in [1.807, 2.05) is 0 Å². The van der Waals surface area contributed by atoms with Crippen LogP contribution < -0.4 is 15.2 Å². The number of ether oxygens (including phenoxy) is 1. The predicted octanol–water partition coefficient (Wildman–Crippen LogP) is 3.26. The molecule has 0 unspecified atom stereocenters. The molecule has 0 saturated carbocycles. The maximum atomic E-state index is 13.2.